The molecule has 58 heavy (non-hydrogen) atoms. The van der Waals surface area contributed by atoms with Crippen LogP contribution in [0.2, 0.25) is 0 Å². The molecule has 1 amide bonds. The van der Waals surface area contributed by atoms with Crippen molar-refractivity contribution in [2.24, 2.45) is 13.0 Å². The summed E-state index contributed by atoms with van der Waals surface area (Å²) >= 11 is 0. The zero-order chi connectivity index (χ0) is 41.7. The standard InChI is InChI=1S/C39H36F7N7O4S/c1-21-19-38(42,43)36-32(21)35(39(44,45)46)49-53(36)20-31(54)48-30(17-23-15-24(40)18-25(41)16-23)33-27(10-9-26(47-33)8-7-22-11-13-57-14-12-22)28-5-4-6-29-34(28)52(2)50-37(29)51-58(3,55)56/h4-6,9-10,15-16,18,21-22,30H,11-14,17,19-20H2,1-3H3,(H,48,54)(H,50,51)/t21-,30?/m0/s1. The number of alkyl halides is 5. The quantitative estimate of drug-likeness (QED) is 0.121. The summed E-state index contributed by atoms with van der Waals surface area (Å²) in [4.78, 5) is 18.8. The average molecular weight is 832 g/mol. The van der Waals surface area contributed by atoms with E-state index in [0.717, 1.165) is 18.4 Å². The predicted octanol–water partition coefficient (Wildman–Crippen LogP) is 6.98. The van der Waals surface area contributed by atoms with Crippen LogP contribution in [0.15, 0.2) is 48.5 Å². The summed E-state index contributed by atoms with van der Waals surface area (Å²) in [5, 5.41) is 10.9. The second-order valence-electron chi connectivity index (χ2n) is 14.5. The maximum Gasteiger partial charge on any atom is 0.435 e. The Morgan fingerprint density at radius 3 is 2.43 bits per heavy atom. The number of nitrogens with zero attached hydrogens (tertiary/aromatic N) is 5. The third-order valence-electron chi connectivity index (χ3n) is 9.97. The molecule has 306 valence electrons. The summed E-state index contributed by atoms with van der Waals surface area (Å²) in [6.45, 7) is 1.21. The van der Waals surface area contributed by atoms with Gasteiger partial charge in [-0.3, -0.25) is 18.9 Å². The number of aromatic nitrogens is 5. The highest BCUT2D eigenvalue weighted by Crippen LogP contribution is 2.52. The summed E-state index contributed by atoms with van der Waals surface area (Å²) in [5.74, 6) is -1.59. The van der Waals surface area contributed by atoms with Crippen molar-refractivity contribution in [1.82, 2.24) is 29.9 Å². The van der Waals surface area contributed by atoms with Gasteiger partial charge in [-0.05, 0) is 67.0 Å². The number of nitrogens with one attached hydrogen (secondary N) is 2. The maximum absolute atomic E-state index is 15.2. The van der Waals surface area contributed by atoms with Gasteiger partial charge in [0.05, 0.1) is 23.5 Å². The first kappa shape index (κ1) is 40.7. The van der Waals surface area contributed by atoms with Crippen LogP contribution in [0, 0.1) is 29.4 Å². The Balaban J connectivity index is 1.37. The minimum atomic E-state index is -5.08. The van der Waals surface area contributed by atoms with E-state index in [9.17, 15) is 35.2 Å². The van der Waals surface area contributed by atoms with E-state index in [1.807, 2.05) is 0 Å². The fourth-order valence-electron chi connectivity index (χ4n) is 7.65. The molecule has 1 aliphatic heterocycles. The second kappa shape index (κ2) is 15.4. The number of rotatable bonds is 9. The number of benzene rings is 2. The fraction of sp³-hybridized carbons (Fsp3) is 0.385. The Labute approximate surface area is 328 Å². The zero-order valence-electron chi connectivity index (χ0n) is 31.2. The lowest BCUT2D eigenvalue weighted by molar-refractivity contribution is -0.142. The lowest BCUT2D eigenvalue weighted by Crippen LogP contribution is -2.35. The number of carbonyl (C=O) groups excluding carboxylic acids is 1. The molecule has 2 atom stereocenters. The van der Waals surface area contributed by atoms with Crippen LogP contribution in [0.4, 0.5) is 36.6 Å². The first-order valence-electron chi connectivity index (χ1n) is 18.1. The highest BCUT2D eigenvalue weighted by molar-refractivity contribution is 7.92. The van der Waals surface area contributed by atoms with Gasteiger partial charge in [0.15, 0.2) is 11.5 Å². The average Bonchev–Trinajstić information content (AvgIpc) is 3.75. The predicted molar refractivity (Wildman–Crippen MR) is 198 cm³/mol. The van der Waals surface area contributed by atoms with E-state index in [0.29, 0.717) is 58.8 Å². The summed E-state index contributed by atoms with van der Waals surface area (Å²) in [6, 6.07) is 9.59. The van der Waals surface area contributed by atoms with E-state index in [1.165, 1.54) is 11.6 Å². The molecule has 2 N–H and O–H groups in total. The highest BCUT2D eigenvalue weighted by atomic mass is 32.2. The van der Waals surface area contributed by atoms with E-state index in [4.69, 9.17) is 9.72 Å². The van der Waals surface area contributed by atoms with Gasteiger partial charge in [-0.2, -0.15) is 32.1 Å². The van der Waals surface area contributed by atoms with Crippen LogP contribution in [0.3, 0.4) is 0 Å². The summed E-state index contributed by atoms with van der Waals surface area (Å²) < 4.78 is 136. The molecular formula is C39H36F7N7O4S. The third-order valence-corrected chi connectivity index (χ3v) is 10.5. The van der Waals surface area contributed by atoms with Gasteiger partial charge in [0, 0.05) is 60.7 Å². The SMILES string of the molecule is C[C@H]1CC(F)(F)c2c1c(C(F)(F)F)nn2CC(=O)NC(Cc1cc(F)cc(F)c1)c1nc(C#CC2CCOCC2)ccc1-c1cccc2c(NS(C)(=O)=O)nn(C)c12. The first-order valence-corrected chi connectivity index (χ1v) is 20.0. The number of hydrogen-bond acceptors (Lipinski definition) is 7. The normalized spacial score (nSPS) is 17.4. The number of pyridine rings is 1. The number of hydrogen-bond donors (Lipinski definition) is 2. The number of para-hydroxylation sites is 1. The third kappa shape index (κ3) is 8.53. The van der Waals surface area contributed by atoms with Crippen LogP contribution in [0.25, 0.3) is 22.0 Å². The van der Waals surface area contributed by atoms with Crippen LogP contribution >= 0.6 is 0 Å². The molecule has 19 heteroatoms. The minimum Gasteiger partial charge on any atom is -0.381 e. The zero-order valence-corrected chi connectivity index (χ0v) is 32.0. The number of halogens is 7. The molecule has 3 aromatic heterocycles. The van der Waals surface area contributed by atoms with Gasteiger partial charge in [0.25, 0.3) is 5.92 Å². The van der Waals surface area contributed by atoms with Crippen molar-refractivity contribution in [3.63, 3.8) is 0 Å². The van der Waals surface area contributed by atoms with Gasteiger partial charge in [0.1, 0.15) is 29.6 Å². The van der Waals surface area contributed by atoms with Gasteiger partial charge < -0.3 is 10.1 Å². The molecule has 1 fully saturated rings. The molecule has 5 aromatic rings. The van der Waals surface area contributed by atoms with E-state index in [-0.39, 0.29) is 35.1 Å². The molecule has 4 heterocycles. The number of carbonyl (C=O) groups is 1. The fourth-order valence-corrected chi connectivity index (χ4v) is 8.16. The molecule has 1 unspecified atom stereocenters. The monoisotopic (exact) mass is 831 g/mol. The van der Waals surface area contributed by atoms with E-state index in [1.54, 1.807) is 37.4 Å². The molecule has 11 nitrogen and oxygen atoms in total. The lowest BCUT2D eigenvalue weighted by Gasteiger charge is -2.23. The van der Waals surface area contributed by atoms with Crippen molar-refractivity contribution < 1.29 is 48.7 Å². The molecule has 1 saturated heterocycles. The molecule has 2 aromatic carbocycles. The van der Waals surface area contributed by atoms with Crippen molar-refractivity contribution in [2.45, 2.75) is 63.2 Å². The molecule has 0 spiro atoms. The number of fused-ring (bicyclic) bond motifs is 2. The van der Waals surface area contributed by atoms with Crippen LogP contribution < -0.4 is 10.0 Å². The molecule has 0 saturated carbocycles. The van der Waals surface area contributed by atoms with Crippen molar-refractivity contribution in [3.8, 4) is 23.0 Å². The Hall–Kier alpha value is -5.48. The maximum atomic E-state index is 15.2. The summed E-state index contributed by atoms with van der Waals surface area (Å²) in [6.07, 6.45) is -4.01. The van der Waals surface area contributed by atoms with Gasteiger partial charge in [-0.15, -0.1) is 0 Å². The molecule has 0 bridgehead atoms. The van der Waals surface area contributed by atoms with Crippen molar-refractivity contribution in [2.75, 3.05) is 24.2 Å². The van der Waals surface area contributed by atoms with E-state index >= 15 is 8.78 Å². The minimum absolute atomic E-state index is 0.00774. The van der Waals surface area contributed by atoms with Gasteiger partial charge in [-0.25, -0.2) is 22.2 Å². The Morgan fingerprint density at radius 2 is 1.76 bits per heavy atom. The lowest BCUT2D eigenvalue weighted by atomic mass is 9.93. The van der Waals surface area contributed by atoms with Crippen molar-refractivity contribution in [3.05, 3.63) is 94.1 Å². The number of aryl methyl sites for hydroxylation is 1. The Kier molecular flexibility index (Phi) is 10.8. The Morgan fingerprint density at radius 1 is 1.05 bits per heavy atom. The van der Waals surface area contributed by atoms with Gasteiger partial charge in [0.2, 0.25) is 15.9 Å². The van der Waals surface area contributed by atoms with Gasteiger partial charge >= 0.3 is 6.18 Å². The Bertz CT molecular complexity index is 2570. The molecule has 0 radical (unpaired) electrons. The number of amides is 1. The topological polar surface area (TPSA) is 133 Å². The van der Waals surface area contributed by atoms with E-state index < -0.39 is 81.5 Å². The molecule has 7 rings (SSSR count). The van der Waals surface area contributed by atoms with Crippen LogP contribution in [-0.2, 0) is 51.7 Å². The van der Waals surface area contributed by atoms with E-state index in [2.05, 4.69) is 32.1 Å². The van der Waals surface area contributed by atoms with Crippen molar-refractivity contribution >= 4 is 32.7 Å². The van der Waals surface area contributed by atoms with Crippen molar-refractivity contribution in [1.29, 1.82) is 0 Å². The summed E-state index contributed by atoms with van der Waals surface area (Å²) in [5.41, 5.74) is -1.67. The largest absolute Gasteiger partial charge is 0.435 e. The first-order chi connectivity index (χ1) is 27.3. The summed E-state index contributed by atoms with van der Waals surface area (Å²) in [7, 11) is -2.19. The number of anilines is 1. The van der Waals surface area contributed by atoms with Crippen LogP contribution in [0.1, 0.15) is 72.0 Å². The molecular weight excluding hydrogens is 796 g/mol. The smallest absolute Gasteiger partial charge is 0.381 e. The molecule has 2 aliphatic rings. The second-order valence-corrected chi connectivity index (χ2v) is 16.3. The van der Waals surface area contributed by atoms with Crippen LogP contribution in [-0.4, -0.2) is 58.3 Å². The number of sulfonamides is 1. The number of ether oxygens (including phenoxy) is 1. The van der Waals surface area contributed by atoms with Gasteiger partial charge in [-0.1, -0.05) is 25.0 Å². The highest BCUT2D eigenvalue weighted by Gasteiger charge is 2.53. The molecule has 1 aliphatic carbocycles. The van der Waals surface area contributed by atoms with Crippen LogP contribution in [0.5, 0.6) is 0 Å².